The lowest BCUT2D eigenvalue weighted by molar-refractivity contribution is 0.0303. The Morgan fingerprint density at radius 3 is 2.42 bits per heavy atom. The Labute approximate surface area is 149 Å². The fourth-order valence-electron chi connectivity index (χ4n) is 2.23. The van der Waals surface area contributed by atoms with E-state index in [2.05, 4.69) is 4.72 Å². The minimum atomic E-state index is -3.57. The largest absolute Gasteiger partial charge is 0.378 e. The van der Waals surface area contributed by atoms with Crippen LogP contribution in [0.4, 0.5) is 0 Å². The number of sulfonamides is 1. The van der Waals surface area contributed by atoms with Crippen molar-refractivity contribution in [3.8, 4) is 0 Å². The zero-order valence-corrected chi connectivity index (χ0v) is 15.2. The van der Waals surface area contributed by atoms with Crippen molar-refractivity contribution in [2.75, 3.05) is 32.8 Å². The number of nitrogens with one attached hydrogen (secondary N) is 1. The molecule has 2 rings (SSSR count). The lowest BCUT2D eigenvalue weighted by atomic mass is 10.2. The second kappa shape index (κ2) is 9.33. The summed E-state index contributed by atoms with van der Waals surface area (Å²) < 4.78 is 32.0. The third-order valence-electron chi connectivity index (χ3n) is 3.60. The highest BCUT2D eigenvalue weighted by atomic mass is 35.5. The molecule has 0 aromatic heterocycles. The first-order chi connectivity index (χ1) is 10.9. The van der Waals surface area contributed by atoms with Crippen LogP contribution < -0.4 is 10.5 Å². The summed E-state index contributed by atoms with van der Waals surface area (Å²) in [6.07, 6.45) is 0.562. The summed E-state index contributed by atoms with van der Waals surface area (Å²) in [4.78, 5) is 14.1. The van der Waals surface area contributed by atoms with Gasteiger partial charge in [-0.2, -0.15) is 0 Å². The summed E-state index contributed by atoms with van der Waals surface area (Å²) in [6.45, 7) is 4.27. The van der Waals surface area contributed by atoms with Crippen molar-refractivity contribution < 1.29 is 17.9 Å². The van der Waals surface area contributed by atoms with Crippen LogP contribution in [0.25, 0.3) is 0 Å². The van der Waals surface area contributed by atoms with Gasteiger partial charge in [0.2, 0.25) is 10.0 Å². The number of rotatable bonds is 6. The smallest absolute Gasteiger partial charge is 0.254 e. The number of carbonyl (C=O) groups excluding carboxylic acids is 1. The standard InChI is InChI=1S/C15H23N3O4S.ClH/c1-12(16)6-7-17-23(20,21)14-4-2-13(3-5-14)15(19)18-8-10-22-11-9-18;/h2-5,12,17H,6-11,16H2,1H3;1H. The fourth-order valence-corrected chi connectivity index (χ4v) is 3.28. The predicted octanol–water partition coefficient (Wildman–Crippen LogP) is 0.596. The maximum absolute atomic E-state index is 12.3. The van der Waals surface area contributed by atoms with E-state index in [9.17, 15) is 13.2 Å². The summed E-state index contributed by atoms with van der Waals surface area (Å²) in [5.41, 5.74) is 6.07. The number of halogens is 1. The van der Waals surface area contributed by atoms with E-state index >= 15 is 0 Å². The molecule has 1 fully saturated rings. The van der Waals surface area contributed by atoms with Crippen molar-refractivity contribution in [1.29, 1.82) is 0 Å². The van der Waals surface area contributed by atoms with Crippen LogP contribution in [0.3, 0.4) is 0 Å². The molecule has 7 nitrogen and oxygen atoms in total. The van der Waals surface area contributed by atoms with Crippen molar-refractivity contribution in [2.45, 2.75) is 24.3 Å². The van der Waals surface area contributed by atoms with Gasteiger partial charge in [-0.15, -0.1) is 12.4 Å². The number of morpholine rings is 1. The molecule has 9 heteroatoms. The molecule has 0 radical (unpaired) electrons. The molecule has 1 aromatic rings. The lowest BCUT2D eigenvalue weighted by Gasteiger charge is -2.26. The maximum Gasteiger partial charge on any atom is 0.254 e. The Bertz CT molecular complexity index is 629. The van der Waals surface area contributed by atoms with Crippen molar-refractivity contribution in [2.24, 2.45) is 5.73 Å². The van der Waals surface area contributed by atoms with Gasteiger partial charge in [-0.1, -0.05) is 0 Å². The van der Waals surface area contributed by atoms with E-state index < -0.39 is 10.0 Å². The molecule has 24 heavy (non-hydrogen) atoms. The van der Waals surface area contributed by atoms with Gasteiger partial charge in [0.25, 0.3) is 5.91 Å². The Morgan fingerprint density at radius 1 is 1.29 bits per heavy atom. The summed E-state index contributed by atoms with van der Waals surface area (Å²) in [5, 5.41) is 0. The van der Waals surface area contributed by atoms with Crippen LogP contribution in [0.1, 0.15) is 23.7 Å². The Balaban J connectivity index is 0.00000288. The molecule has 1 atom stereocenters. The highest BCUT2D eigenvalue weighted by Gasteiger charge is 2.20. The van der Waals surface area contributed by atoms with E-state index in [4.69, 9.17) is 10.5 Å². The first-order valence-corrected chi connectivity index (χ1v) is 9.11. The quantitative estimate of drug-likeness (QED) is 0.755. The molecule has 0 aliphatic carbocycles. The number of hydrogen-bond acceptors (Lipinski definition) is 5. The van der Waals surface area contributed by atoms with Crippen LogP contribution in [0.2, 0.25) is 0 Å². The summed E-state index contributed by atoms with van der Waals surface area (Å²) in [7, 11) is -3.57. The zero-order valence-electron chi connectivity index (χ0n) is 13.6. The minimum absolute atomic E-state index is 0. The van der Waals surface area contributed by atoms with Gasteiger partial charge in [-0.3, -0.25) is 4.79 Å². The van der Waals surface area contributed by atoms with Crippen LogP contribution in [0, 0.1) is 0 Å². The third-order valence-corrected chi connectivity index (χ3v) is 5.08. The van der Waals surface area contributed by atoms with Crippen molar-refractivity contribution in [3.63, 3.8) is 0 Å². The van der Waals surface area contributed by atoms with Gasteiger partial charge in [0.05, 0.1) is 18.1 Å². The number of ether oxygens (including phenoxy) is 1. The SMILES string of the molecule is CC(N)CCNS(=O)(=O)c1ccc(C(=O)N2CCOCC2)cc1.Cl. The topological polar surface area (TPSA) is 102 Å². The van der Waals surface area contributed by atoms with E-state index in [1.165, 1.54) is 24.3 Å². The molecule has 1 saturated heterocycles. The highest BCUT2D eigenvalue weighted by Crippen LogP contribution is 2.13. The van der Waals surface area contributed by atoms with E-state index in [0.717, 1.165) is 0 Å². The summed E-state index contributed by atoms with van der Waals surface area (Å²) in [6, 6.07) is 5.91. The molecule has 0 saturated carbocycles. The summed E-state index contributed by atoms with van der Waals surface area (Å²) >= 11 is 0. The van der Waals surface area contributed by atoms with Crippen LogP contribution in [0.5, 0.6) is 0 Å². The average Bonchev–Trinajstić information content (AvgIpc) is 2.54. The normalized spacial score (nSPS) is 16.3. The number of nitrogens with two attached hydrogens (primary N) is 1. The molecule has 1 aliphatic heterocycles. The second-order valence-corrected chi connectivity index (χ2v) is 7.36. The average molecular weight is 378 g/mol. The van der Waals surface area contributed by atoms with E-state index in [1.807, 2.05) is 6.92 Å². The molecule has 1 heterocycles. The van der Waals surface area contributed by atoms with Gasteiger partial charge in [0, 0.05) is 31.2 Å². The number of carbonyl (C=O) groups is 1. The second-order valence-electron chi connectivity index (χ2n) is 5.59. The van der Waals surface area contributed by atoms with Gasteiger partial charge in [-0.05, 0) is 37.6 Å². The monoisotopic (exact) mass is 377 g/mol. The van der Waals surface area contributed by atoms with Gasteiger partial charge < -0.3 is 15.4 Å². The van der Waals surface area contributed by atoms with Gasteiger partial charge >= 0.3 is 0 Å². The van der Waals surface area contributed by atoms with Gasteiger partial charge in [-0.25, -0.2) is 13.1 Å². The third kappa shape index (κ3) is 5.71. The minimum Gasteiger partial charge on any atom is -0.378 e. The Hall–Kier alpha value is -1.19. The van der Waals surface area contributed by atoms with Crippen LogP contribution in [-0.4, -0.2) is 58.1 Å². The molecule has 0 bridgehead atoms. The molecule has 136 valence electrons. The predicted molar refractivity (Wildman–Crippen MR) is 93.9 cm³/mol. The number of hydrogen-bond donors (Lipinski definition) is 2. The van der Waals surface area contributed by atoms with Gasteiger partial charge in [0.15, 0.2) is 0 Å². The Morgan fingerprint density at radius 2 is 1.88 bits per heavy atom. The fraction of sp³-hybridized carbons (Fsp3) is 0.533. The van der Waals surface area contributed by atoms with Crippen molar-refractivity contribution >= 4 is 28.3 Å². The summed E-state index contributed by atoms with van der Waals surface area (Å²) in [5.74, 6) is -0.109. The molecule has 1 aliphatic rings. The maximum atomic E-state index is 12.3. The molecule has 1 amide bonds. The van der Waals surface area contributed by atoms with Crippen LogP contribution in [-0.2, 0) is 14.8 Å². The number of amides is 1. The number of benzene rings is 1. The lowest BCUT2D eigenvalue weighted by Crippen LogP contribution is -2.40. The van der Waals surface area contributed by atoms with Crippen molar-refractivity contribution in [1.82, 2.24) is 9.62 Å². The van der Waals surface area contributed by atoms with E-state index in [-0.39, 0.29) is 35.8 Å². The molecule has 0 spiro atoms. The highest BCUT2D eigenvalue weighted by molar-refractivity contribution is 7.89. The zero-order chi connectivity index (χ0) is 16.9. The van der Waals surface area contributed by atoms with E-state index in [1.54, 1.807) is 4.90 Å². The first kappa shape index (κ1) is 20.9. The van der Waals surface area contributed by atoms with Crippen LogP contribution in [0.15, 0.2) is 29.2 Å². The first-order valence-electron chi connectivity index (χ1n) is 7.62. The van der Waals surface area contributed by atoms with E-state index in [0.29, 0.717) is 38.3 Å². The molecule has 3 N–H and O–H groups in total. The molecular formula is C15H24ClN3O4S. The van der Waals surface area contributed by atoms with Crippen LogP contribution >= 0.6 is 12.4 Å². The van der Waals surface area contributed by atoms with Gasteiger partial charge in [0.1, 0.15) is 0 Å². The Kier molecular flexibility index (Phi) is 8.11. The molecule has 1 aromatic carbocycles. The molecular weight excluding hydrogens is 354 g/mol. The van der Waals surface area contributed by atoms with Crippen molar-refractivity contribution in [3.05, 3.63) is 29.8 Å². The number of nitrogens with zero attached hydrogens (tertiary/aromatic N) is 1. The molecule has 1 unspecified atom stereocenters.